The fourth-order valence-corrected chi connectivity index (χ4v) is 4.99. The summed E-state index contributed by atoms with van der Waals surface area (Å²) in [6.07, 6.45) is -3.15. The van der Waals surface area contributed by atoms with Gasteiger partial charge in [0.2, 0.25) is 5.91 Å². The normalized spacial score (nSPS) is 17.8. The lowest BCUT2D eigenvalue weighted by Crippen LogP contribution is -2.27. The molecule has 0 radical (unpaired) electrons. The molecule has 4 rings (SSSR count). The van der Waals surface area contributed by atoms with Gasteiger partial charge in [-0.3, -0.25) is 19.4 Å². The van der Waals surface area contributed by atoms with Crippen molar-refractivity contribution in [3.05, 3.63) is 87.6 Å². The lowest BCUT2D eigenvalue weighted by molar-refractivity contribution is -0.137. The van der Waals surface area contributed by atoms with Crippen molar-refractivity contribution in [3.63, 3.8) is 0 Å². The fraction of sp³-hybridized carbons (Fsp3) is 0.286. The molecule has 2 unspecified atom stereocenters. The number of aryl methyl sites for hydroxylation is 2. The van der Waals surface area contributed by atoms with Gasteiger partial charge in [0.1, 0.15) is 11.7 Å². The highest BCUT2D eigenvalue weighted by molar-refractivity contribution is 6.30. The van der Waals surface area contributed by atoms with Crippen LogP contribution in [0.1, 0.15) is 46.6 Å². The number of ketones is 2. The van der Waals surface area contributed by atoms with E-state index >= 15 is 0 Å². The molecule has 9 heteroatoms. The molecular formula is C28H24ClF3N2O3. The van der Waals surface area contributed by atoms with Gasteiger partial charge >= 0.3 is 6.18 Å². The van der Waals surface area contributed by atoms with Crippen LogP contribution in [0.25, 0.3) is 11.3 Å². The third kappa shape index (κ3) is 5.91. The molecule has 1 aromatic heterocycles. The molecule has 1 aliphatic carbocycles. The second-order valence-electron chi connectivity index (χ2n) is 9.26. The Kier molecular flexibility index (Phi) is 7.50. The van der Waals surface area contributed by atoms with Crippen molar-refractivity contribution >= 4 is 29.1 Å². The summed E-state index contributed by atoms with van der Waals surface area (Å²) in [7, 11) is 0. The van der Waals surface area contributed by atoms with Gasteiger partial charge in [-0.25, -0.2) is 0 Å². The summed E-state index contributed by atoms with van der Waals surface area (Å²) in [6.45, 7) is 3.54. The van der Waals surface area contributed by atoms with Crippen LogP contribution >= 0.6 is 11.6 Å². The highest BCUT2D eigenvalue weighted by Gasteiger charge is 2.43. The summed E-state index contributed by atoms with van der Waals surface area (Å²) in [4.78, 5) is 43.0. The molecule has 1 heterocycles. The Morgan fingerprint density at radius 1 is 1.08 bits per heavy atom. The third-order valence-corrected chi connectivity index (χ3v) is 6.77. The monoisotopic (exact) mass is 528 g/mol. The number of halogens is 4. The summed E-state index contributed by atoms with van der Waals surface area (Å²) in [5, 5.41) is 3.10. The van der Waals surface area contributed by atoms with Crippen LogP contribution in [-0.2, 0) is 27.1 Å². The molecule has 192 valence electrons. The molecule has 0 spiro atoms. The van der Waals surface area contributed by atoms with Gasteiger partial charge in [0.25, 0.3) is 0 Å². The Hall–Kier alpha value is -3.52. The lowest BCUT2D eigenvalue weighted by atomic mass is 9.85. The number of hydrogen-bond donors (Lipinski definition) is 1. The Bertz CT molecular complexity index is 1360. The number of amides is 1. The number of Topliss-reactive ketones (excluding diaryl/α,β-unsaturated/α-hetero) is 2. The van der Waals surface area contributed by atoms with Crippen LogP contribution < -0.4 is 5.32 Å². The van der Waals surface area contributed by atoms with Crippen molar-refractivity contribution in [2.24, 2.45) is 5.92 Å². The van der Waals surface area contributed by atoms with Crippen LogP contribution in [0.3, 0.4) is 0 Å². The van der Waals surface area contributed by atoms with Crippen molar-refractivity contribution in [2.45, 2.75) is 45.3 Å². The van der Waals surface area contributed by atoms with Crippen LogP contribution in [0.2, 0.25) is 5.02 Å². The molecule has 1 fully saturated rings. The zero-order chi connectivity index (χ0) is 26.9. The molecule has 37 heavy (non-hydrogen) atoms. The van der Waals surface area contributed by atoms with Crippen molar-refractivity contribution in [3.8, 4) is 11.3 Å². The minimum atomic E-state index is -4.48. The molecule has 1 aliphatic rings. The number of nitrogens with zero attached hydrogens (tertiary/aromatic N) is 1. The average Bonchev–Trinajstić information content (AvgIpc) is 3.09. The van der Waals surface area contributed by atoms with E-state index in [1.807, 2.05) is 26.0 Å². The van der Waals surface area contributed by atoms with Crippen molar-refractivity contribution < 1.29 is 27.6 Å². The number of nitrogens with one attached hydrogen (secondary N) is 1. The van der Waals surface area contributed by atoms with E-state index in [4.69, 9.17) is 11.6 Å². The Morgan fingerprint density at radius 3 is 2.43 bits per heavy atom. The van der Waals surface area contributed by atoms with Crippen LogP contribution in [0.4, 0.5) is 13.2 Å². The number of carbonyl (C=O) groups is 3. The number of carbonyl (C=O) groups excluding carboxylic acids is 3. The fourth-order valence-electron chi connectivity index (χ4n) is 4.83. The second kappa shape index (κ2) is 10.5. The molecular weight excluding hydrogens is 505 g/mol. The van der Waals surface area contributed by atoms with Crippen LogP contribution in [0.5, 0.6) is 0 Å². The van der Waals surface area contributed by atoms with Crippen molar-refractivity contribution in [1.29, 1.82) is 0 Å². The predicted molar refractivity (Wildman–Crippen MR) is 133 cm³/mol. The van der Waals surface area contributed by atoms with E-state index in [1.165, 1.54) is 12.1 Å². The summed E-state index contributed by atoms with van der Waals surface area (Å²) in [6, 6.07) is 11.8. The van der Waals surface area contributed by atoms with Crippen LogP contribution in [0.15, 0.2) is 54.7 Å². The number of hydrogen-bond acceptors (Lipinski definition) is 4. The van der Waals surface area contributed by atoms with Crippen LogP contribution in [-0.4, -0.2) is 22.5 Å². The number of pyridine rings is 1. The van der Waals surface area contributed by atoms with Gasteiger partial charge in [-0.05, 0) is 72.5 Å². The van der Waals surface area contributed by atoms with E-state index in [0.29, 0.717) is 16.3 Å². The zero-order valence-electron chi connectivity index (χ0n) is 20.2. The Balaban J connectivity index is 1.45. The highest BCUT2D eigenvalue weighted by atomic mass is 35.5. The molecule has 1 saturated carbocycles. The quantitative estimate of drug-likeness (QED) is 0.399. The maximum Gasteiger partial charge on any atom is 0.416 e. The molecule has 3 aromatic rings. The highest BCUT2D eigenvalue weighted by Crippen LogP contribution is 2.38. The van der Waals surface area contributed by atoms with E-state index in [-0.39, 0.29) is 36.5 Å². The summed E-state index contributed by atoms with van der Waals surface area (Å²) < 4.78 is 38.7. The number of benzene rings is 2. The predicted octanol–water partition coefficient (Wildman–Crippen LogP) is 5.99. The topological polar surface area (TPSA) is 76.1 Å². The van der Waals surface area contributed by atoms with Gasteiger partial charge in [0, 0.05) is 42.1 Å². The van der Waals surface area contributed by atoms with Gasteiger partial charge in [-0.15, -0.1) is 0 Å². The van der Waals surface area contributed by atoms with Crippen molar-refractivity contribution in [1.82, 2.24) is 10.3 Å². The number of alkyl halides is 3. The minimum Gasteiger partial charge on any atom is -0.352 e. The maximum atomic E-state index is 13.2. The molecule has 1 amide bonds. The van der Waals surface area contributed by atoms with Crippen molar-refractivity contribution in [2.75, 3.05) is 0 Å². The van der Waals surface area contributed by atoms with E-state index in [9.17, 15) is 27.6 Å². The molecule has 1 N–H and O–H groups in total. The maximum absolute atomic E-state index is 13.2. The molecule has 2 atom stereocenters. The molecule has 2 aromatic carbocycles. The van der Waals surface area contributed by atoms with E-state index in [2.05, 4.69) is 10.3 Å². The molecule has 5 nitrogen and oxygen atoms in total. The molecule has 0 bridgehead atoms. The van der Waals surface area contributed by atoms with Gasteiger partial charge in [0.15, 0.2) is 5.78 Å². The number of aromatic nitrogens is 1. The van der Waals surface area contributed by atoms with Gasteiger partial charge in [-0.1, -0.05) is 23.7 Å². The first-order valence-corrected chi connectivity index (χ1v) is 12.0. The van der Waals surface area contributed by atoms with E-state index < -0.39 is 29.5 Å². The SMILES string of the molecule is Cc1cc(-c2cc(Cl)ccn2)cc(C)c1C1C(=O)CC(CC(=O)NCc2cccc(C(F)(F)F)c2)C1=O. The Labute approximate surface area is 217 Å². The summed E-state index contributed by atoms with van der Waals surface area (Å²) in [5.74, 6) is -2.81. The first-order chi connectivity index (χ1) is 17.4. The first kappa shape index (κ1) is 26.5. The zero-order valence-corrected chi connectivity index (χ0v) is 20.9. The Morgan fingerprint density at radius 2 is 1.78 bits per heavy atom. The number of rotatable bonds is 6. The van der Waals surface area contributed by atoms with Gasteiger partial charge in [0.05, 0.1) is 11.3 Å². The summed E-state index contributed by atoms with van der Waals surface area (Å²) >= 11 is 6.08. The average molecular weight is 529 g/mol. The van der Waals surface area contributed by atoms with E-state index in [0.717, 1.165) is 28.8 Å². The standard InChI is InChI=1S/C28H24ClF3N2O3/c1-15-8-18(22-13-21(29)6-7-33-22)9-16(2)25(15)26-23(35)11-19(27(26)37)12-24(36)34-14-17-4-3-5-20(10-17)28(30,31)32/h3-10,13,19,26H,11-12,14H2,1-2H3,(H,34,36). The molecule has 0 aliphatic heterocycles. The first-order valence-electron chi connectivity index (χ1n) is 11.7. The molecule has 0 saturated heterocycles. The smallest absolute Gasteiger partial charge is 0.352 e. The summed E-state index contributed by atoms with van der Waals surface area (Å²) in [5.41, 5.74) is 3.12. The third-order valence-electron chi connectivity index (χ3n) is 6.53. The van der Waals surface area contributed by atoms with Crippen LogP contribution in [0, 0.1) is 19.8 Å². The van der Waals surface area contributed by atoms with Gasteiger partial charge < -0.3 is 5.32 Å². The largest absolute Gasteiger partial charge is 0.416 e. The van der Waals surface area contributed by atoms with E-state index in [1.54, 1.807) is 18.3 Å². The lowest BCUT2D eigenvalue weighted by Gasteiger charge is -2.17. The second-order valence-corrected chi connectivity index (χ2v) is 9.70. The van der Waals surface area contributed by atoms with Gasteiger partial charge in [-0.2, -0.15) is 13.2 Å². The minimum absolute atomic E-state index is 0.0586.